The third-order valence-electron chi connectivity index (χ3n) is 4.26. The van der Waals surface area contributed by atoms with Crippen molar-refractivity contribution in [1.29, 1.82) is 0 Å². The first-order valence-corrected chi connectivity index (χ1v) is 8.03. The third-order valence-corrected chi connectivity index (χ3v) is 4.26. The van der Waals surface area contributed by atoms with Crippen molar-refractivity contribution in [3.05, 3.63) is 71.3 Å². The van der Waals surface area contributed by atoms with Gasteiger partial charge in [-0.3, -0.25) is 0 Å². The summed E-state index contributed by atoms with van der Waals surface area (Å²) < 4.78 is 5.63. The zero-order valence-corrected chi connectivity index (χ0v) is 13.3. The average Bonchev–Trinajstić information content (AvgIpc) is 2.60. The number of rotatable bonds is 6. The number of benzene rings is 2. The molecule has 3 rings (SSSR count). The number of carboxylic acids is 1. The molecule has 4 nitrogen and oxygen atoms in total. The Bertz CT molecular complexity index is 749. The van der Waals surface area contributed by atoms with E-state index in [9.17, 15) is 15.0 Å². The number of hydrogen-bond donors (Lipinski definition) is 2. The van der Waals surface area contributed by atoms with Crippen molar-refractivity contribution in [1.82, 2.24) is 0 Å². The molecule has 2 aromatic carbocycles. The lowest BCUT2D eigenvalue weighted by molar-refractivity contribution is -0.150. The van der Waals surface area contributed by atoms with Gasteiger partial charge < -0.3 is 14.9 Å². The van der Waals surface area contributed by atoms with Gasteiger partial charge in [0.25, 0.3) is 0 Å². The molecule has 0 radical (unpaired) electrons. The number of phenols is 1. The van der Waals surface area contributed by atoms with Crippen molar-refractivity contribution in [2.75, 3.05) is 0 Å². The molecule has 1 aliphatic rings. The summed E-state index contributed by atoms with van der Waals surface area (Å²) in [6, 6.07) is 14.9. The van der Waals surface area contributed by atoms with Crippen LogP contribution in [0.4, 0.5) is 0 Å². The first-order valence-electron chi connectivity index (χ1n) is 8.03. The molecule has 124 valence electrons. The van der Waals surface area contributed by atoms with E-state index in [2.05, 4.69) is 0 Å². The highest BCUT2D eigenvalue weighted by molar-refractivity contribution is 5.79. The van der Waals surface area contributed by atoms with Crippen LogP contribution in [0.3, 0.4) is 0 Å². The van der Waals surface area contributed by atoms with Gasteiger partial charge in [-0.15, -0.1) is 0 Å². The third kappa shape index (κ3) is 3.66. The number of phenolic OH excluding ortho intramolecular Hbond substituents is 1. The van der Waals surface area contributed by atoms with Crippen LogP contribution in [0.5, 0.6) is 5.75 Å². The second kappa shape index (κ2) is 7.32. The summed E-state index contributed by atoms with van der Waals surface area (Å²) in [5, 5.41) is 19.5. The van der Waals surface area contributed by atoms with E-state index in [-0.39, 0.29) is 12.4 Å². The Morgan fingerprint density at radius 2 is 1.92 bits per heavy atom. The maximum Gasteiger partial charge on any atom is 0.333 e. The van der Waals surface area contributed by atoms with E-state index in [1.807, 2.05) is 42.5 Å². The van der Waals surface area contributed by atoms with Crippen LogP contribution in [0.1, 0.15) is 29.5 Å². The lowest BCUT2D eigenvalue weighted by Gasteiger charge is -2.22. The predicted molar refractivity (Wildman–Crippen MR) is 91.7 cm³/mol. The highest BCUT2D eigenvalue weighted by atomic mass is 16.5. The Morgan fingerprint density at radius 3 is 2.67 bits per heavy atom. The molecule has 4 heteroatoms. The smallest absolute Gasteiger partial charge is 0.333 e. The molecule has 0 aromatic heterocycles. The fraction of sp³-hybridized carbons (Fsp3) is 0.250. The Balaban J connectivity index is 1.74. The SMILES string of the molecule is O=C(O)C(CC1=CCCc2c(O)cccc21)OCc1ccccc1. The molecular formula is C20H20O4. The molecule has 0 bridgehead atoms. The highest BCUT2D eigenvalue weighted by Crippen LogP contribution is 2.34. The molecule has 0 amide bonds. The predicted octanol–water partition coefficient (Wildman–Crippen LogP) is 3.78. The van der Waals surface area contributed by atoms with Crippen LogP contribution in [0.25, 0.3) is 5.57 Å². The second-order valence-electron chi connectivity index (χ2n) is 5.90. The minimum Gasteiger partial charge on any atom is -0.508 e. The number of aliphatic carboxylic acids is 1. The Morgan fingerprint density at radius 1 is 1.12 bits per heavy atom. The van der Waals surface area contributed by atoms with Crippen molar-refractivity contribution < 1.29 is 19.7 Å². The molecule has 1 atom stereocenters. The summed E-state index contributed by atoms with van der Waals surface area (Å²) in [6.07, 6.45) is 2.99. The summed E-state index contributed by atoms with van der Waals surface area (Å²) in [5.74, 6) is -0.700. The molecule has 2 N–H and O–H groups in total. The van der Waals surface area contributed by atoms with E-state index in [1.54, 1.807) is 12.1 Å². The Hall–Kier alpha value is -2.59. The van der Waals surface area contributed by atoms with Gasteiger partial charge in [0.05, 0.1) is 6.61 Å². The van der Waals surface area contributed by atoms with Crippen molar-refractivity contribution in [3.63, 3.8) is 0 Å². The lowest BCUT2D eigenvalue weighted by Crippen LogP contribution is -2.24. The molecule has 1 aliphatic carbocycles. The Kier molecular flexibility index (Phi) is 4.96. The van der Waals surface area contributed by atoms with Gasteiger partial charge in [0.2, 0.25) is 0 Å². The first kappa shape index (κ1) is 16.3. The zero-order valence-electron chi connectivity index (χ0n) is 13.3. The largest absolute Gasteiger partial charge is 0.508 e. The molecule has 0 fully saturated rings. The van der Waals surface area contributed by atoms with Crippen molar-refractivity contribution >= 4 is 11.5 Å². The van der Waals surface area contributed by atoms with Crippen LogP contribution in [-0.2, 0) is 22.6 Å². The van der Waals surface area contributed by atoms with Crippen LogP contribution in [0, 0.1) is 0 Å². The molecule has 0 spiro atoms. The highest BCUT2D eigenvalue weighted by Gasteiger charge is 2.24. The topological polar surface area (TPSA) is 66.8 Å². The lowest BCUT2D eigenvalue weighted by atomic mass is 9.87. The van der Waals surface area contributed by atoms with Crippen LogP contribution in [0.15, 0.2) is 54.6 Å². The second-order valence-corrected chi connectivity index (χ2v) is 5.90. The number of carbonyl (C=O) groups is 1. The number of carboxylic acid groups (broad SMARTS) is 1. The van der Waals surface area contributed by atoms with Gasteiger partial charge in [-0.2, -0.15) is 0 Å². The van der Waals surface area contributed by atoms with Crippen LogP contribution in [-0.4, -0.2) is 22.3 Å². The molecule has 0 aliphatic heterocycles. The average molecular weight is 324 g/mol. The van der Waals surface area contributed by atoms with Gasteiger partial charge >= 0.3 is 5.97 Å². The zero-order chi connectivity index (χ0) is 16.9. The summed E-state index contributed by atoms with van der Waals surface area (Å²) in [5.41, 5.74) is 3.69. The van der Waals surface area contributed by atoms with E-state index in [1.165, 1.54) is 0 Å². The molecule has 24 heavy (non-hydrogen) atoms. The van der Waals surface area contributed by atoms with Gasteiger partial charge in [0.1, 0.15) is 5.75 Å². The van der Waals surface area contributed by atoms with Crippen molar-refractivity contribution in [2.24, 2.45) is 0 Å². The monoisotopic (exact) mass is 324 g/mol. The van der Waals surface area contributed by atoms with Crippen LogP contribution >= 0.6 is 0 Å². The minimum atomic E-state index is -0.973. The van der Waals surface area contributed by atoms with Gasteiger partial charge in [-0.05, 0) is 35.6 Å². The van der Waals surface area contributed by atoms with E-state index in [0.29, 0.717) is 6.42 Å². The fourth-order valence-electron chi connectivity index (χ4n) is 3.02. The van der Waals surface area contributed by atoms with Crippen LogP contribution in [0.2, 0.25) is 0 Å². The molecule has 0 saturated heterocycles. The quantitative estimate of drug-likeness (QED) is 0.848. The summed E-state index contributed by atoms with van der Waals surface area (Å²) >= 11 is 0. The van der Waals surface area contributed by atoms with Gasteiger partial charge in [-0.1, -0.05) is 48.5 Å². The first-order chi connectivity index (χ1) is 11.6. The van der Waals surface area contributed by atoms with Crippen LogP contribution < -0.4 is 0 Å². The molecular weight excluding hydrogens is 304 g/mol. The minimum absolute atomic E-state index is 0.262. The number of ether oxygens (including phenoxy) is 1. The number of aromatic hydroxyl groups is 1. The molecule has 0 heterocycles. The normalized spacial score (nSPS) is 14.6. The molecule has 2 aromatic rings. The van der Waals surface area contributed by atoms with Crippen molar-refractivity contribution in [3.8, 4) is 5.75 Å². The number of allylic oxidation sites excluding steroid dienone is 1. The van der Waals surface area contributed by atoms with Gasteiger partial charge in [0, 0.05) is 12.0 Å². The van der Waals surface area contributed by atoms with E-state index >= 15 is 0 Å². The standard InChI is InChI=1S/C20H20O4/c21-18-11-5-9-16-15(8-4-10-17(16)18)12-19(20(22)23)24-13-14-6-2-1-3-7-14/h1-3,5-9,11,19,21H,4,10,12-13H2,(H,22,23). The fourth-order valence-corrected chi connectivity index (χ4v) is 3.02. The maximum absolute atomic E-state index is 11.6. The summed E-state index contributed by atoms with van der Waals surface area (Å²) in [7, 11) is 0. The Labute approximate surface area is 141 Å². The summed E-state index contributed by atoms with van der Waals surface area (Å²) in [6.45, 7) is 0.262. The van der Waals surface area contributed by atoms with E-state index < -0.39 is 12.1 Å². The van der Waals surface area contributed by atoms with Gasteiger partial charge in [0.15, 0.2) is 6.10 Å². The van der Waals surface area contributed by atoms with Crippen molar-refractivity contribution in [2.45, 2.75) is 32.0 Å². The number of hydrogen-bond acceptors (Lipinski definition) is 3. The summed E-state index contributed by atoms with van der Waals surface area (Å²) in [4.78, 5) is 11.6. The van der Waals surface area contributed by atoms with E-state index in [0.717, 1.165) is 35.1 Å². The van der Waals surface area contributed by atoms with E-state index in [4.69, 9.17) is 4.74 Å². The molecule has 1 unspecified atom stereocenters. The molecule has 0 saturated carbocycles. The number of fused-ring (bicyclic) bond motifs is 1. The van der Waals surface area contributed by atoms with Gasteiger partial charge in [-0.25, -0.2) is 4.79 Å². The maximum atomic E-state index is 11.6.